The normalized spacial score (nSPS) is 21.6. The largest absolute Gasteiger partial charge is 0.481 e. The molecule has 4 nitrogen and oxygen atoms in total. The molecule has 0 radical (unpaired) electrons. The summed E-state index contributed by atoms with van der Waals surface area (Å²) in [6.07, 6.45) is 0. The first kappa shape index (κ1) is 15.5. The molecule has 1 aromatic carbocycles. The number of halogens is 5. The highest BCUT2D eigenvalue weighted by Gasteiger charge is 2.40. The van der Waals surface area contributed by atoms with Gasteiger partial charge in [0.2, 0.25) is 5.82 Å². The smallest absolute Gasteiger partial charge is 0.311 e. The Kier molecular flexibility index (Phi) is 4.04. The Morgan fingerprint density at radius 3 is 2.00 bits per heavy atom. The molecule has 2 atom stereocenters. The molecule has 1 heterocycles. The topological polar surface area (TPSA) is 49.8 Å². The second kappa shape index (κ2) is 5.47. The van der Waals surface area contributed by atoms with Crippen molar-refractivity contribution in [2.45, 2.75) is 6.04 Å². The molecule has 1 fully saturated rings. The van der Waals surface area contributed by atoms with Crippen LogP contribution in [0.25, 0.3) is 0 Å². The molecular formula is C12H10F5NO3. The third-order valence-corrected chi connectivity index (χ3v) is 3.40. The van der Waals surface area contributed by atoms with Crippen LogP contribution < -0.4 is 4.90 Å². The van der Waals surface area contributed by atoms with Crippen LogP contribution >= 0.6 is 0 Å². The maximum Gasteiger partial charge on any atom is 0.311 e. The van der Waals surface area contributed by atoms with Crippen molar-refractivity contribution in [1.29, 1.82) is 0 Å². The van der Waals surface area contributed by atoms with Crippen LogP contribution in [0.3, 0.4) is 0 Å². The zero-order valence-electron chi connectivity index (χ0n) is 10.7. The molecule has 21 heavy (non-hydrogen) atoms. The van der Waals surface area contributed by atoms with Crippen LogP contribution in [0.2, 0.25) is 0 Å². The predicted molar refractivity (Wildman–Crippen MR) is 60.4 cm³/mol. The average molecular weight is 311 g/mol. The Bertz CT molecular complexity index is 566. The van der Waals surface area contributed by atoms with Gasteiger partial charge in [0.1, 0.15) is 11.6 Å². The SMILES string of the molecule is CN(c1c(F)c(F)c(F)c(F)c1F)C1COCC1C(=O)O. The number of likely N-dealkylation sites (N-methyl/N-ethyl adjacent to an activating group) is 1. The van der Waals surface area contributed by atoms with Gasteiger partial charge in [0, 0.05) is 7.05 Å². The summed E-state index contributed by atoms with van der Waals surface area (Å²) >= 11 is 0. The molecule has 0 spiro atoms. The fourth-order valence-corrected chi connectivity index (χ4v) is 2.23. The van der Waals surface area contributed by atoms with Crippen LogP contribution in [0, 0.1) is 35.0 Å². The van der Waals surface area contributed by atoms with E-state index in [4.69, 9.17) is 9.84 Å². The Morgan fingerprint density at radius 2 is 1.52 bits per heavy atom. The van der Waals surface area contributed by atoms with Gasteiger partial charge in [0.25, 0.3) is 0 Å². The van der Waals surface area contributed by atoms with E-state index in [2.05, 4.69) is 0 Å². The van der Waals surface area contributed by atoms with Gasteiger partial charge in [-0.25, -0.2) is 22.0 Å². The summed E-state index contributed by atoms with van der Waals surface area (Å²) in [6.45, 7) is -0.410. The molecule has 1 saturated heterocycles. The molecule has 9 heteroatoms. The van der Waals surface area contributed by atoms with E-state index in [1.54, 1.807) is 0 Å². The number of carboxylic acids is 1. The number of ether oxygens (including phenoxy) is 1. The van der Waals surface area contributed by atoms with E-state index in [0.717, 1.165) is 7.05 Å². The van der Waals surface area contributed by atoms with Crippen LogP contribution in [0.1, 0.15) is 0 Å². The van der Waals surface area contributed by atoms with Crippen molar-refractivity contribution >= 4 is 11.7 Å². The third-order valence-electron chi connectivity index (χ3n) is 3.40. The van der Waals surface area contributed by atoms with E-state index < -0.39 is 52.7 Å². The number of aliphatic carboxylic acids is 1. The molecule has 2 unspecified atom stereocenters. The van der Waals surface area contributed by atoms with E-state index >= 15 is 0 Å². The summed E-state index contributed by atoms with van der Waals surface area (Å²) < 4.78 is 71.6. The summed E-state index contributed by atoms with van der Waals surface area (Å²) in [5, 5.41) is 8.97. The first-order chi connectivity index (χ1) is 9.77. The molecule has 0 amide bonds. The second-order valence-electron chi connectivity index (χ2n) is 4.58. The number of carbonyl (C=O) groups is 1. The highest BCUT2D eigenvalue weighted by atomic mass is 19.2. The van der Waals surface area contributed by atoms with Crippen molar-refractivity contribution in [2.75, 3.05) is 25.2 Å². The monoisotopic (exact) mass is 311 g/mol. The average Bonchev–Trinajstić information content (AvgIpc) is 2.92. The van der Waals surface area contributed by atoms with Gasteiger partial charge in [0.15, 0.2) is 23.3 Å². The van der Waals surface area contributed by atoms with Crippen LogP contribution in [-0.4, -0.2) is 37.4 Å². The van der Waals surface area contributed by atoms with E-state index in [1.165, 1.54) is 0 Å². The Morgan fingerprint density at radius 1 is 1.05 bits per heavy atom. The van der Waals surface area contributed by atoms with Crippen LogP contribution in [0.5, 0.6) is 0 Å². The number of benzene rings is 1. The van der Waals surface area contributed by atoms with E-state index in [1.807, 2.05) is 0 Å². The van der Waals surface area contributed by atoms with Crippen molar-refractivity contribution in [3.63, 3.8) is 0 Å². The van der Waals surface area contributed by atoms with E-state index in [0.29, 0.717) is 4.90 Å². The molecule has 116 valence electrons. The van der Waals surface area contributed by atoms with Crippen molar-refractivity contribution in [3.8, 4) is 0 Å². The van der Waals surface area contributed by atoms with Crippen molar-refractivity contribution < 1.29 is 36.6 Å². The minimum atomic E-state index is -2.26. The number of rotatable bonds is 3. The minimum absolute atomic E-state index is 0.201. The lowest BCUT2D eigenvalue weighted by Gasteiger charge is -2.29. The van der Waals surface area contributed by atoms with Gasteiger partial charge < -0.3 is 14.7 Å². The van der Waals surface area contributed by atoms with E-state index in [-0.39, 0.29) is 13.2 Å². The molecule has 0 bridgehead atoms. The first-order valence-electron chi connectivity index (χ1n) is 5.82. The van der Waals surface area contributed by atoms with E-state index in [9.17, 15) is 26.7 Å². The summed E-state index contributed by atoms with van der Waals surface area (Å²) in [7, 11) is 1.05. The molecule has 0 aliphatic carbocycles. The predicted octanol–water partition coefficient (Wildman–Crippen LogP) is 1.92. The van der Waals surface area contributed by atoms with Gasteiger partial charge in [-0.05, 0) is 0 Å². The highest BCUT2D eigenvalue weighted by Crippen LogP contribution is 2.33. The number of carboxylic acid groups (broad SMARTS) is 1. The lowest BCUT2D eigenvalue weighted by Crippen LogP contribution is -2.42. The maximum absolute atomic E-state index is 13.7. The van der Waals surface area contributed by atoms with Crippen LogP contribution in [0.15, 0.2) is 0 Å². The molecule has 0 aromatic heterocycles. The lowest BCUT2D eigenvalue weighted by molar-refractivity contribution is -0.141. The molecule has 2 rings (SSSR count). The van der Waals surface area contributed by atoms with Crippen LogP contribution in [0.4, 0.5) is 27.6 Å². The Balaban J connectivity index is 2.49. The summed E-state index contributed by atoms with van der Waals surface area (Å²) in [5.74, 6) is -12.9. The maximum atomic E-state index is 13.7. The zero-order valence-corrected chi connectivity index (χ0v) is 10.7. The molecule has 1 aromatic rings. The number of hydrogen-bond donors (Lipinski definition) is 1. The summed E-state index contributed by atoms with van der Waals surface area (Å²) in [4.78, 5) is 11.7. The zero-order chi connectivity index (χ0) is 15.9. The standard InChI is InChI=1S/C12H10F5NO3/c1-18(5-3-21-2-4(5)12(19)20)11-9(16)7(14)6(13)8(15)10(11)17/h4-5H,2-3H2,1H3,(H,19,20). The van der Waals surface area contributed by atoms with Crippen molar-refractivity contribution in [1.82, 2.24) is 0 Å². The molecule has 1 aliphatic rings. The van der Waals surface area contributed by atoms with Gasteiger partial charge in [-0.1, -0.05) is 0 Å². The van der Waals surface area contributed by atoms with Crippen molar-refractivity contribution in [3.05, 3.63) is 29.1 Å². The van der Waals surface area contributed by atoms with Gasteiger partial charge in [-0.2, -0.15) is 0 Å². The summed E-state index contributed by atoms with van der Waals surface area (Å²) in [5.41, 5.74) is -1.17. The molecule has 1 N–H and O–H groups in total. The second-order valence-corrected chi connectivity index (χ2v) is 4.58. The number of hydrogen-bond acceptors (Lipinski definition) is 3. The van der Waals surface area contributed by atoms with Gasteiger partial charge in [-0.15, -0.1) is 0 Å². The third kappa shape index (κ3) is 2.41. The fourth-order valence-electron chi connectivity index (χ4n) is 2.23. The molecular weight excluding hydrogens is 301 g/mol. The summed E-state index contributed by atoms with van der Waals surface area (Å²) in [6, 6.07) is -1.05. The Labute approximate surface area is 115 Å². The minimum Gasteiger partial charge on any atom is -0.481 e. The number of nitrogens with zero attached hydrogens (tertiary/aromatic N) is 1. The Hall–Kier alpha value is -1.90. The highest BCUT2D eigenvalue weighted by molar-refractivity contribution is 5.72. The van der Waals surface area contributed by atoms with Crippen molar-refractivity contribution in [2.24, 2.45) is 5.92 Å². The lowest BCUT2D eigenvalue weighted by atomic mass is 10.0. The quantitative estimate of drug-likeness (QED) is 0.526. The fraction of sp³-hybridized carbons (Fsp3) is 0.417. The van der Waals surface area contributed by atoms with Gasteiger partial charge in [0.05, 0.1) is 19.3 Å². The molecule has 1 aliphatic heterocycles. The first-order valence-corrected chi connectivity index (χ1v) is 5.82. The van der Waals surface area contributed by atoms with Gasteiger partial charge in [-0.3, -0.25) is 4.79 Å². The van der Waals surface area contributed by atoms with Crippen LogP contribution in [-0.2, 0) is 9.53 Å². The molecule has 0 saturated carbocycles. The number of anilines is 1. The van der Waals surface area contributed by atoms with Gasteiger partial charge >= 0.3 is 5.97 Å².